The van der Waals surface area contributed by atoms with Gasteiger partial charge in [0.2, 0.25) is 5.24 Å². The van der Waals surface area contributed by atoms with Gasteiger partial charge in [0.05, 0.1) is 11.6 Å². The summed E-state index contributed by atoms with van der Waals surface area (Å²) in [4.78, 5) is 33.9. The van der Waals surface area contributed by atoms with Crippen molar-refractivity contribution in [3.63, 3.8) is 0 Å². The van der Waals surface area contributed by atoms with Crippen LogP contribution in [0.2, 0.25) is 0 Å². The minimum absolute atomic E-state index is 0.317. The average molecular weight is 420 g/mol. The van der Waals surface area contributed by atoms with E-state index in [1.165, 1.54) is 0 Å². The molecular formula is C23H18ClN3O3. The summed E-state index contributed by atoms with van der Waals surface area (Å²) in [5, 5.41) is 2.35. The molecule has 2 aromatic carbocycles. The van der Waals surface area contributed by atoms with Gasteiger partial charge in [-0.25, -0.2) is 0 Å². The molecule has 6 nitrogen and oxygen atoms in total. The fraction of sp³-hybridized carbons (Fsp3) is 0.0870. The number of rotatable bonds is 6. The van der Waals surface area contributed by atoms with Crippen molar-refractivity contribution in [3.05, 3.63) is 102 Å². The molecule has 0 bridgehead atoms. The largest absolute Gasteiger partial charge is 0.323 e. The topological polar surface area (TPSA) is 80.3 Å². The van der Waals surface area contributed by atoms with Gasteiger partial charge in [-0.2, -0.15) is 0 Å². The second-order valence-electron chi connectivity index (χ2n) is 6.72. The molecule has 0 saturated carbocycles. The minimum Gasteiger partial charge on any atom is -0.323 e. The predicted molar refractivity (Wildman–Crippen MR) is 114 cm³/mol. The molecule has 0 saturated heterocycles. The number of nitrogens with zero attached hydrogens (tertiary/aromatic N) is 1. The number of benzene rings is 2. The Balaban J connectivity index is 1.45. The van der Waals surface area contributed by atoms with Gasteiger partial charge in [-0.3, -0.25) is 24.9 Å². The first-order chi connectivity index (χ1) is 14.6. The molecule has 0 spiro atoms. The molecular weight excluding hydrogens is 402 g/mol. The smallest absolute Gasteiger partial charge is 0.260 e. The molecule has 0 aliphatic carbocycles. The third-order valence-corrected chi connectivity index (χ3v) is 4.93. The molecule has 0 radical (unpaired) electrons. The number of nitrogens with one attached hydrogen (secondary N) is 2. The summed E-state index contributed by atoms with van der Waals surface area (Å²) >= 11 is 5.84. The summed E-state index contributed by atoms with van der Waals surface area (Å²) in [5.41, 5.74) is 6.41. The lowest BCUT2D eigenvalue weighted by Crippen LogP contribution is -2.28. The van der Waals surface area contributed by atoms with Gasteiger partial charge in [0.1, 0.15) is 0 Å². The van der Waals surface area contributed by atoms with Gasteiger partial charge < -0.3 is 5.32 Å². The number of carbonyl (C=O) groups is 2. The summed E-state index contributed by atoms with van der Waals surface area (Å²) in [6, 6.07) is 20.0. The second kappa shape index (κ2) is 8.90. The second-order valence-corrected chi connectivity index (χ2v) is 7.09. The van der Waals surface area contributed by atoms with Crippen molar-refractivity contribution < 1.29 is 14.4 Å². The molecule has 1 aliphatic heterocycles. The highest BCUT2D eigenvalue weighted by Gasteiger charge is 2.25. The number of halogens is 1. The molecule has 0 fully saturated rings. The van der Waals surface area contributed by atoms with Crippen LogP contribution in [0.5, 0.6) is 0 Å². The maximum absolute atomic E-state index is 12.5. The van der Waals surface area contributed by atoms with E-state index in [9.17, 15) is 9.59 Å². The van der Waals surface area contributed by atoms with Gasteiger partial charge in [-0.05, 0) is 53.1 Å². The highest BCUT2D eigenvalue weighted by molar-refractivity contribution is 6.65. The molecule has 7 heteroatoms. The van der Waals surface area contributed by atoms with E-state index in [-0.39, 0.29) is 5.91 Å². The summed E-state index contributed by atoms with van der Waals surface area (Å²) in [6.45, 7) is 0. The van der Waals surface area contributed by atoms with E-state index in [0.717, 1.165) is 16.7 Å². The molecule has 2 N–H and O–H groups in total. The van der Waals surface area contributed by atoms with E-state index < -0.39 is 17.3 Å². The van der Waals surface area contributed by atoms with E-state index in [0.29, 0.717) is 11.4 Å². The Morgan fingerprint density at radius 1 is 1.00 bits per heavy atom. The maximum atomic E-state index is 12.5. The van der Waals surface area contributed by atoms with Crippen LogP contribution in [0.3, 0.4) is 0 Å². The molecule has 150 valence electrons. The Morgan fingerprint density at radius 3 is 2.40 bits per heavy atom. The third-order valence-electron chi connectivity index (χ3n) is 4.72. The van der Waals surface area contributed by atoms with Crippen molar-refractivity contribution >= 4 is 34.1 Å². The first kappa shape index (κ1) is 19.8. The van der Waals surface area contributed by atoms with Gasteiger partial charge in [0.15, 0.2) is 6.10 Å². The highest BCUT2D eigenvalue weighted by atomic mass is 35.5. The van der Waals surface area contributed by atoms with Gasteiger partial charge in [-0.15, -0.1) is 0 Å². The predicted octanol–water partition coefficient (Wildman–Crippen LogP) is 3.86. The summed E-state index contributed by atoms with van der Waals surface area (Å²) in [7, 11) is 0. The lowest BCUT2D eigenvalue weighted by molar-refractivity contribution is -0.125. The van der Waals surface area contributed by atoms with Crippen LogP contribution in [0.1, 0.15) is 22.6 Å². The Hall–Kier alpha value is -3.48. The standard InChI is InChI=1S/C23H18ClN3O3/c24-22(28)21(15-5-2-1-3-6-15)16-8-10-18(11-9-16)26-23(29)20-13-19(27-30-20)17-7-4-12-25-14-17/h1-14,20-21,27H,(H,26,29). The normalized spacial score (nSPS) is 16.3. The molecule has 1 amide bonds. The van der Waals surface area contributed by atoms with Crippen LogP contribution < -0.4 is 10.8 Å². The molecule has 2 unspecified atom stereocenters. The van der Waals surface area contributed by atoms with E-state index in [4.69, 9.17) is 16.4 Å². The zero-order chi connectivity index (χ0) is 20.9. The van der Waals surface area contributed by atoms with Gasteiger partial charge >= 0.3 is 0 Å². The first-order valence-electron chi connectivity index (χ1n) is 9.31. The van der Waals surface area contributed by atoms with Crippen molar-refractivity contribution in [1.82, 2.24) is 10.5 Å². The summed E-state index contributed by atoms with van der Waals surface area (Å²) in [5.74, 6) is -0.882. The third kappa shape index (κ3) is 4.40. The van der Waals surface area contributed by atoms with Crippen molar-refractivity contribution in [2.75, 3.05) is 5.32 Å². The van der Waals surface area contributed by atoms with Crippen LogP contribution in [-0.4, -0.2) is 22.2 Å². The Morgan fingerprint density at radius 2 is 1.73 bits per heavy atom. The molecule has 2 heterocycles. The zero-order valence-corrected chi connectivity index (χ0v) is 16.5. The van der Waals surface area contributed by atoms with Gasteiger partial charge in [-0.1, -0.05) is 42.5 Å². The fourth-order valence-electron chi connectivity index (χ4n) is 3.23. The number of carbonyl (C=O) groups excluding carboxylic acids is 2. The number of hydrogen-bond donors (Lipinski definition) is 2. The SMILES string of the molecule is O=C(Nc1ccc(C(C(=O)Cl)c2ccccc2)cc1)C1C=C(c2cccnc2)NO1. The molecule has 30 heavy (non-hydrogen) atoms. The van der Waals surface area contributed by atoms with Crippen molar-refractivity contribution in [3.8, 4) is 0 Å². The van der Waals surface area contributed by atoms with Crippen LogP contribution >= 0.6 is 11.6 Å². The Bertz CT molecular complexity index is 1070. The van der Waals surface area contributed by atoms with Crippen molar-refractivity contribution in [1.29, 1.82) is 0 Å². The molecule has 3 aromatic rings. The van der Waals surface area contributed by atoms with Crippen LogP contribution in [-0.2, 0) is 14.4 Å². The molecule has 4 rings (SSSR count). The summed E-state index contributed by atoms with van der Waals surface area (Å²) < 4.78 is 0. The highest BCUT2D eigenvalue weighted by Crippen LogP contribution is 2.28. The number of amides is 1. The Kier molecular flexibility index (Phi) is 5.88. The van der Waals surface area contributed by atoms with Crippen LogP contribution in [0.4, 0.5) is 5.69 Å². The van der Waals surface area contributed by atoms with Crippen LogP contribution in [0.15, 0.2) is 85.2 Å². The monoisotopic (exact) mass is 419 g/mol. The maximum Gasteiger partial charge on any atom is 0.260 e. The molecule has 2 atom stereocenters. The lowest BCUT2D eigenvalue weighted by atomic mass is 9.92. The van der Waals surface area contributed by atoms with E-state index in [2.05, 4.69) is 15.8 Å². The van der Waals surface area contributed by atoms with E-state index in [1.807, 2.05) is 36.4 Å². The van der Waals surface area contributed by atoms with E-state index >= 15 is 0 Å². The number of aromatic nitrogens is 1. The zero-order valence-electron chi connectivity index (χ0n) is 15.8. The first-order valence-corrected chi connectivity index (χ1v) is 9.68. The molecule has 1 aliphatic rings. The number of hydroxylamine groups is 1. The Labute approximate surface area is 178 Å². The van der Waals surface area contributed by atoms with Gasteiger partial charge in [0.25, 0.3) is 5.91 Å². The fourth-order valence-corrected chi connectivity index (χ4v) is 3.48. The molecule has 1 aromatic heterocycles. The van der Waals surface area contributed by atoms with Gasteiger partial charge in [0, 0.05) is 23.6 Å². The van der Waals surface area contributed by atoms with E-state index in [1.54, 1.807) is 48.8 Å². The number of pyridine rings is 1. The summed E-state index contributed by atoms with van der Waals surface area (Å²) in [6.07, 6.45) is 4.27. The quantitative estimate of drug-likeness (QED) is 0.593. The van der Waals surface area contributed by atoms with Crippen molar-refractivity contribution in [2.24, 2.45) is 0 Å². The number of hydrogen-bond acceptors (Lipinski definition) is 5. The van der Waals surface area contributed by atoms with Crippen molar-refractivity contribution in [2.45, 2.75) is 12.0 Å². The lowest BCUT2D eigenvalue weighted by Gasteiger charge is -2.15. The number of anilines is 1. The average Bonchev–Trinajstić information content (AvgIpc) is 3.27. The van der Waals surface area contributed by atoms with Crippen LogP contribution in [0.25, 0.3) is 5.70 Å². The minimum atomic E-state index is -0.777. The van der Waals surface area contributed by atoms with Crippen LogP contribution in [0, 0.1) is 0 Å².